The highest BCUT2D eigenvalue weighted by Gasteiger charge is 2.14. The molecule has 0 aliphatic rings. The number of benzene rings is 2. The third-order valence-electron chi connectivity index (χ3n) is 4.04. The van der Waals surface area contributed by atoms with Crippen LogP contribution in [0.25, 0.3) is 16.9 Å². The summed E-state index contributed by atoms with van der Waals surface area (Å²) in [4.78, 5) is 13.1. The van der Waals surface area contributed by atoms with Gasteiger partial charge in [0.05, 0.1) is 11.4 Å². The van der Waals surface area contributed by atoms with Crippen molar-refractivity contribution in [3.8, 4) is 16.9 Å². The van der Waals surface area contributed by atoms with Crippen molar-refractivity contribution in [2.24, 2.45) is 5.73 Å². The van der Waals surface area contributed by atoms with Gasteiger partial charge in [-0.15, -0.1) is 0 Å². The summed E-state index contributed by atoms with van der Waals surface area (Å²) in [6, 6.07) is 20.2. The summed E-state index contributed by atoms with van der Waals surface area (Å²) < 4.78 is 1.90. The Labute approximate surface area is 147 Å². The van der Waals surface area contributed by atoms with Gasteiger partial charge < -0.3 is 10.6 Å². The molecule has 5 heteroatoms. The number of hydrogen-bond donors (Lipinski definition) is 1. The molecule has 0 atom stereocenters. The van der Waals surface area contributed by atoms with E-state index < -0.39 is 0 Å². The standard InChI is InChI=1S/C20H22N4O/c1-23(13-12-19(21)25)14-17-15-24(18-10-6-3-7-11-18)22-20(17)16-8-4-2-5-9-16/h2-11,15H,12-14H2,1H3,(H2,21,25). The average Bonchev–Trinajstić information content (AvgIpc) is 3.05. The van der Waals surface area contributed by atoms with E-state index in [1.54, 1.807) is 0 Å². The van der Waals surface area contributed by atoms with Crippen molar-refractivity contribution in [1.29, 1.82) is 0 Å². The summed E-state index contributed by atoms with van der Waals surface area (Å²) in [5, 5.41) is 4.80. The molecule has 0 spiro atoms. The van der Waals surface area contributed by atoms with Crippen LogP contribution in [0.1, 0.15) is 12.0 Å². The van der Waals surface area contributed by atoms with Gasteiger partial charge in [-0.1, -0.05) is 48.5 Å². The Hall–Kier alpha value is -2.92. The van der Waals surface area contributed by atoms with Crippen molar-refractivity contribution < 1.29 is 4.79 Å². The minimum Gasteiger partial charge on any atom is -0.370 e. The number of carbonyl (C=O) groups excluding carboxylic acids is 1. The highest BCUT2D eigenvalue weighted by molar-refractivity contribution is 5.73. The predicted octanol–water partition coefficient (Wildman–Crippen LogP) is 2.85. The van der Waals surface area contributed by atoms with Gasteiger partial charge >= 0.3 is 0 Å². The lowest BCUT2D eigenvalue weighted by Crippen LogP contribution is -2.24. The van der Waals surface area contributed by atoms with Gasteiger partial charge in [-0.2, -0.15) is 5.10 Å². The van der Waals surface area contributed by atoms with Gasteiger partial charge in [-0.3, -0.25) is 4.79 Å². The van der Waals surface area contributed by atoms with Crippen LogP contribution in [0.3, 0.4) is 0 Å². The molecule has 0 saturated heterocycles. The zero-order chi connectivity index (χ0) is 17.6. The molecule has 1 heterocycles. The Morgan fingerprint density at radius 3 is 2.36 bits per heavy atom. The van der Waals surface area contributed by atoms with E-state index in [9.17, 15) is 4.79 Å². The van der Waals surface area contributed by atoms with Crippen LogP contribution in [0.2, 0.25) is 0 Å². The first-order valence-electron chi connectivity index (χ1n) is 8.30. The lowest BCUT2D eigenvalue weighted by atomic mass is 10.1. The van der Waals surface area contributed by atoms with E-state index >= 15 is 0 Å². The molecule has 2 aromatic carbocycles. The molecule has 0 aliphatic heterocycles. The van der Waals surface area contributed by atoms with E-state index in [2.05, 4.69) is 23.2 Å². The highest BCUT2D eigenvalue weighted by Crippen LogP contribution is 2.24. The fraction of sp³-hybridized carbons (Fsp3) is 0.200. The molecule has 0 unspecified atom stereocenters. The summed E-state index contributed by atoms with van der Waals surface area (Å²) in [5.41, 5.74) is 9.42. The van der Waals surface area contributed by atoms with Crippen molar-refractivity contribution in [3.05, 3.63) is 72.4 Å². The van der Waals surface area contributed by atoms with Crippen LogP contribution in [0.5, 0.6) is 0 Å². The molecular weight excluding hydrogens is 312 g/mol. The van der Waals surface area contributed by atoms with E-state index in [4.69, 9.17) is 10.8 Å². The molecule has 1 amide bonds. The first-order chi connectivity index (χ1) is 12.1. The summed E-state index contributed by atoms with van der Waals surface area (Å²) in [7, 11) is 1.98. The van der Waals surface area contributed by atoms with Crippen molar-refractivity contribution in [1.82, 2.24) is 14.7 Å². The molecule has 5 nitrogen and oxygen atoms in total. The third-order valence-corrected chi connectivity index (χ3v) is 4.04. The second kappa shape index (κ2) is 7.77. The minimum atomic E-state index is -0.282. The number of hydrogen-bond acceptors (Lipinski definition) is 3. The van der Waals surface area contributed by atoms with E-state index in [0.29, 0.717) is 19.5 Å². The van der Waals surface area contributed by atoms with Gasteiger partial charge in [-0.25, -0.2) is 4.68 Å². The number of para-hydroxylation sites is 1. The molecule has 2 N–H and O–H groups in total. The summed E-state index contributed by atoms with van der Waals surface area (Å²) >= 11 is 0. The largest absolute Gasteiger partial charge is 0.370 e. The second-order valence-corrected chi connectivity index (χ2v) is 6.10. The monoisotopic (exact) mass is 334 g/mol. The number of primary amides is 1. The van der Waals surface area contributed by atoms with E-state index in [1.807, 2.05) is 60.3 Å². The molecule has 0 saturated carbocycles. The molecule has 3 rings (SSSR count). The Balaban J connectivity index is 1.92. The zero-order valence-electron chi connectivity index (χ0n) is 14.3. The van der Waals surface area contributed by atoms with Crippen LogP contribution < -0.4 is 5.73 Å². The predicted molar refractivity (Wildman–Crippen MR) is 99.1 cm³/mol. The SMILES string of the molecule is CN(CCC(N)=O)Cc1cn(-c2ccccc2)nc1-c1ccccc1. The lowest BCUT2D eigenvalue weighted by molar-refractivity contribution is -0.118. The van der Waals surface area contributed by atoms with Crippen molar-refractivity contribution >= 4 is 5.91 Å². The van der Waals surface area contributed by atoms with Crippen molar-refractivity contribution in [2.45, 2.75) is 13.0 Å². The first-order valence-corrected chi connectivity index (χ1v) is 8.30. The van der Waals surface area contributed by atoms with Gasteiger partial charge in [0, 0.05) is 36.8 Å². The summed E-state index contributed by atoms with van der Waals surface area (Å²) in [5.74, 6) is -0.282. The molecular formula is C20H22N4O. The number of rotatable bonds is 7. The third kappa shape index (κ3) is 4.33. The van der Waals surface area contributed by atoms with E-state index in [-0.39, 0.29) is 5.91 Å². The fourth-order valence-corrected chi connectivity index (χ4v) is 2.75. The van der Waals surface area contributed by atoms with E-state index in [0.717, 1.165) is 22.5 Å². The fourth-order valence-electron chi connectivity index (χ4n) is 2.75. The Kier molecular flexibility index (Phi) is 5.26. The van der Waals surface area contributed by atoms with Gasteiger partial charge in [0.2, 0.25) is 5.91 Å². The van der Waals surface area contributed by atoms with Crippen LogP contribution >= 0.6 is 0 Å². The number of nitrogens with zero attached hydrogens (tertiary/aromatic N) is 3. The maximum Gasteiger partial charge on any atom is 0.218 e. The van der Waals surface area contributed by atoms with Crippen LogP contribution in [0.4, 0.5) is 0 Å². The molecule has 1 aromatic heterocycles. The quantitative estimate of drug-likeness (QED) is 0.722. The molecule has 3 aromatic rings. The summed E-state index contributed by atoms with van der Waals surface area (Å²) in [6.45, 7) is 1.32. The lowest BCUT2D eigenvalue weighted by Gasteiger charge is -2.15. The maximum absolute atomic E-state index is 11.0. The van der Waals surface area contributed by atoms with Crippen molar-refractivity contribution in [3.63, 3.8) is 0 Å². The smallest absolute Gasteiger partial charge is 0.218 e. The first kappa shape index (κ1) is 16.9. The molecule has 0 bridgehead atoms. The molecule has 0 radical (unpaired) electrons. The maximum atomic E-state index is 11.0. The Morgan fingerprint density at radius 1 is 1.08 bits per heavy atom. The Bertz CT molecular complexity index is 827. The number of carbonyl (C=O) groups is 1. The van der Waals surface area contributed by atoms with Gasteiger partial charge in [-0.05, 0) is 19.2 Å². The molecule has 0 fully saturated rings. The van der Waals surface area contributed by atoms with Gasteiger partial charge in [0.1, 0.15) is 0 Å². The summed E-state index contributed by atoms with van der Waals surface area (Å²) in [6.07, 6.45) is 2.41. The normalized spacial score (nSPS) is 11.0. The number of nitrogens with two attached hydrogens (primary N) is 1. The number of aromatic nitrogens is 2. The minimum absolute atomic E-state index is 0.282. The Morgan fingerprint density at radius 2 is 1.72 bits per heavy atom. The van der Waals surface area contributed by atoms with Gasteiger partial charge in [0.25, 0.3) is 0 Å². The van der Waals surface area contributed by atoms with Gasteiger partial charge in [0.15, 0.2) is 0 Å². The number of amides is 1. The molecule has 128 valence electrons. The van der Waals surface area contributed by atoms with Crippen molar-refractivity contribution in [2.75, 3.05) is 13.6 Å². The van der Waals surface area contributed by atoms with Crippen LogP contribution in [0, 0.1) is 0 Å². The highest BCUT2D eigenvalue weighted by atomic mass is 16.1. The second-order valence-electron chi connectivity index (χ2n) is 6.10. The molecule has 25 heavy (non-hydrogen) atoms. The zero-order valence-corrected chi connectivity index (χ0v) is 14.3. The van der Waals surface area contributed by atoms with E-state index in [1.165, 1.54) is 0 Å². The van der Waals surface area contributed by atoms with Crippen LogP contribution in [-0.2, 0) is 11.3 Å². The topological polar surface area (TPSA) is 64.2 Å². The average molecular weight is 334 g/mol. The van der Waals surface area contributed by atoms with Crippen LogP contribution in [-0.4, -0.2) is 34.2 Å². The van der Waals surface area contributed by atoms with Crippen LogP contribution in [0.15, 0.2) is 66.9 Å². The molecule has 0 aliphatic carbocycles.